The number of piperazine rings is 1. The summed E-state index contributed by atoms with van der Waals surface area (Å²) in [6, 6.07) is 21.8. The van der Waals surface area contributed by atoms with Gasteiger partial charge in [0.15, 0.2) is 5.82 Å². The third-order valence-corrected chi connectivity index (χ3v) is 5.81. The van der Waals surface area contributed by atoms with E-state index in [0.717, 1.165) is 36.0 Å². The van der Waals surface area contributed by atoms with Crippen LogP contribution in [0.4, 0.5) is 5.69 Å². The average Bonchev–Trinajstić information content (AvgIpc) is 3.54. The third-order valence-electron chi connectivity index (χ3n) is 5.81. The van der Waals surface area contributed by atoms with Crippen LogP contribution in [0.5, 0.6) is 5.75 Å². The van der Waals surface area contributed by atoms with Gasteiger partial charge in [-0.2, -0.15) is 5.10 Å². The zero-order valence-electron chi connectivity index (χ0n) is 18.0. The molecule has 0 spiro atoms. The summed E-state index contributed by atoms with van der Waals surface area (Å²) in [6.07, 6.45) is 5.56. The minimum absolute atomic E-state index is 0.00109. The Kier molecular flexibility index (Phi) is 5.37. The first-order valence-corrected chi connectivity index (χ1v) is 10.7. The molecule has 0 N–H and O–H groups in total. The number of hydrogen-bond acceptors (Lipinski definition) is 4. The molecule has 2 aromatic heterocycles. The van der Waals surface area contributed by atoms with Gasteiger partial charge in [-0.3, -0.25) is 4.79 Å². The van der Waals surface area contributed by atoms with E-state index in [1.807, 2.05) is 87.2 Å². The quantitative estimate of drug-likeness (QED) is 0.488. The fourth-order valence-corrected chi connectivity index (χ4v) is 4.12. The normalized spacial score (nSPS) is 13.9. The smallest absolute Gasteiger partial charge is 0.259 e. The Morgan fingerprint density at radius 3 is 2.31 bits per heavy atom. The summed E-state index contributed by atoms with van der Waals surface area (Å²) in [7, 11) is 1.67. The Morgan fingerprint density at radius 1 is 0.875 bits per heavy atom. The van der Waals surface area contributed by atoms with E-state index in [1.165, 1.54) is 0 Å². The predicted octanol–water partition coefficient (Wildman–Crippen LogP) is 3.63. The van der Waals surface area contributed by atoms with Crippen LogP contribution >= 0.6 is 0 Å². The lowest BCUT2D eigenvalue weighted by Crippen LogP contribution is -2.48. The largest absolute Gasteiger partial charge is 0.497 e. The molecule has 7 heteroatoms. The molecule has 4 aromatic rings. The molecule has 0 aliphatic carbocycles. The van der Waals surface area contributed by atoms with Gasteiger partial charge in [-0.1, -0.05) is 24.3 Å². The second-order valence-electron chi connectivity index (χ2n) is 7.70. The fourth-order valence-electron chi connectivity index (χ4n) is 4.12. The number of nitrogens with zero attached hydrogens (tertiary/aromatic N) is 5. The minimum Gasteiger partial charge on any atom is -0.497 e. The molecule has 2 aromatic carbocycles. The molecule has 162 valence electrons. The lowest BCUT2D eigenvalue weighted by molar-refractivity contribution is 0.0746. The molecular weight excluding hydrogens is 402 g/mol. The predicted molar refractivity (Wildman–Crippen MR) is 124 cm³/mol. The Labute approximate surface area is 187 Å². The van der Waals surface area contributed by atoms with Crippen molar-refractivity contribution in [2.75, 3.05) is 38.2 Å². The summed E-state index contributed by atoms with van der Waals surface area (Å²) < 4.78 is 9.11. The van der Waals surface area contributed by atoms with Crippen molar-refractivity contribution in [2.24, 2.45) is 0 Å². The van der Waals surface area contributed by atoms with Gasteiger partial charge in [0, 0.05) is 50.3 Å². The van der Waals surface area contributed by atoms with Gasteiger partial charge in [-0.25, -0.2) is 4.68 Å². The van der Waals surface area contributed by atoms with E-state index in [1.54, 1.807) is 13.3 Å². The van der Waals surface area contributed by atoms with Crippen LogP contribution in [0.3, 0.4) is 0 Å². The number of para-hydroxylation sites is 1. The molecule has 7 nitrogen and oxygen atoms in total. The van der Waals surface area contributed by atoms with E-state index in [9.17, 15) is 4.79 Å². The summed E-state index contributed by atoms with van der Waals surface area (Å²) in [5, 5.41) is 4.56. The lowest BCUT2D eigenvalue weighted by atomic mass is 10.2. The molecule has 1 aliphatic rings. The third kappa shape index (κ3) is 3.73. The van der Waals surface area contributed by atoms with Crippen molar-refractivity contribution in [1.82, 2.24) is 19.2 Å². The standard InChI is InChI=1S/C25H25N5O2/c1-32-22-11-7-10-21(18-22)27-14-16-29(17-15-27)25(31)23-19-26-30(20-8-3-2-4-9-20)24(23)28-12-5-6-13-28/h2-13,18-19H,14-17H2,1H3. The molecule has 1 saturated heterocycles. The van der Waals surface area contributed by atoms with Gasteiger partial charge < -0.3 is 19.1 Å². The number of ether oxygens (including phenoxy) is 1. The number of carbonyl (C=O) groups is 1. The Hall–Kier alpha value is -4.00. The Balaban J connectivity index is 1.39. The highest BCUT2D eigenvalue weighted by molar-refractivity contribution is 5.97. The monoisotopic (exact) mass is 427 g/mol. The Bertz CT molecular complexity index is 1190. The maximum Gasteiger partial charge on any atom is 0.259 e. The van der Waals surface area contributed by atoms with E-state index in [0.29, 0.717) is 18.7 Å². The van der Waals surface area contributed by atoms with Crippen molar-refractivity contribution < 1.29 is 9.53 Å². The molecule has 1 fully saturated rings. The molecule has 0 atom stereocenters. The van der Waals surface area contributed by atoms with Crippen LogP contribution in [0.25, 0.3) is 11.5 Å². The van der Waals surface area contributed by atoms with Crippen LogP contribution in [0.15, 0.2) is 85.3 Å². The highest BCUT2D eigenvalue weighted by Gasteiger charge is 2.27. The first-order chi connectivity index (χ1) is 15.7. The molecule has 1 amide bonds. The molecule has 3 heterocycles. The van der Waals surface area contributed by atoms with Crippen molar-refractivity contribution in [3.05, 3.63) is 90.9 Å². The maximum atomic E-state index is 13.5. The first-order valence-electron chi connectivity index (χ1n) is 10.7. The highest BCUT2D eigenvalue weighted by atomic mass is 16.5. The molecule has 0 unspecified atom stereocenters. The van der Waals surface area contributed by atoms with Gasteiger partial charge in [0.1, 0.15) is 11.3 Å². The van der Waals surface area contributed by atoms with E-state index < -0.39 is 0 Å². The van der Waals surface area contributed by atoms with Gasteiger partial charge in [-0.05, 0) is 36.4 Å². The average molecular weight is 428 g/mol. The van der Waals surface area contributed by atoms with Crippen molar-refractivity contribution in [3.8, 4) is 17.3 Å². The molecule has 5 rings (SSSR count). The van der Waals surface area contributed by atoms with E-state index >= 15 is 0 Å². The number of carbonyl (C=O) groups excluding carboxylic acids is 1. The zero-order valence-corrected chi connectivity index (χ0v) is 18.0. The molecule has 32 heavy (non-hydrogen) atoms. The first kappa shape index (κ1) is 19.9. The number of amides is 1. The SMILES string of the molecule is COc1cccc(N2CCN(C(=O)c3cnn(-c4ccccc4)c3-n3cccc3)CC2)c1. The second kappa shape index (κ2) is 8.63. The molecule has 1 aliphatic heterocycles. The van der Waals surface area contributed by atoms with Crippen LogP contribution in [0.2, 0.25) is 0 Å². The van der Waals surface area contributed by atoms with Crippen LogP contribution in [-0.2, 0) is 0 Å². The summed E-state index contributed by atoms with van der Waals surface area (Å²) in [4.78, 5) is 17.7. The van der Waals surface area contributed by atoms with Gasteiger partial charge in [0.2, 0.25) is 0 Å². The van der Waals surface area contributed by atoms with Crippen molar-refractivity contribution >= 4 is 11.6 Å². The van der Waals surface area contributed by atoms with E-state index in [-0.39, 0.29) is 5.91 Å². The lowest BCUT2D eigenvalue weighted by Gasteiger charge is -2.36. The fraction of sp³-hybridized carbons (Fsp3) is 0.200. The number of methoxy groups -OCH3 is 1. The van der Waals surface area contributed by atoms with E-state index in [4.69, 9.17) is 4.74 Å². The molecular formula is C25H25N5O2. The minimum atomic E-state index is 0.00109. The van der Waals surface area contributed by atoms with Crippen LogP contribution in [0.1, 0.15) is 10.4 Å². The van der Waals surface area contributed by atoms with Gasteiger partial charge in [0.05, 0.1) is 19.0 Å². The molecule has 0 bridgehead atoms. The number of anilines is 1. The summed E-state index contributed by atoms with van der Waals surface area (Å²) in [6.45, 7) is 2.84. The molecule has 0 radical (unpaired) electrons. The summed E-state index contributed by atoms with van der Waals surface area (Å²) in [5.41, 5.74) is 2.62. The number of aromatic nitrogens is 3. The topological polar surface area (TPSA) is 55.5 Å². The van der Waals surface area contributed by atoms with E-state index in [2.05, 4.69) is 16.1 Å². The van der Waals surface area contributed by atoms with Crippen molar-refractivity contribution in [3.63, 3.8) is 0 Å². The number of hydrogen-bond donors (Lipinski definition) is 0. The van der Waals surface area contributed by atoms with Crippen molar-refractivity contribution in [1.29, 1.82) is 0 Å². The maximum absolute atomic E-state index is 13.5. The van der Waals surface area contributed by atoms with Crippen LogP contribution < -0.4 is 9.64 Å². The van der Waals surface area contributed by atoms with Crippen LogP contribution in [0, 0.1) is 0 Å². The highest BCUT2D eigenvalue weighted by Crippen LogP contribution is 2.24. The van der Waals surface area contributed by atoms with Gasteiger partial charge in [-0.15, -0.1) is 0 Å². The summed E-state index contributed by atoms with van der Waals surface area (Å²) in [5.74, 6) is 1.59. The summed E-state index contributed by atoms with van der Waals surface area (Å²) >= 11 is 0. The zero-order chi connectivity index (χ0) is 21.9. The van der Waals surface area contributed by atoms with Crippen LogP contribution in [-0.4, -0.2) is 58.4 Å². The Morgan fingerprint density at radius 2 is 1.59 bits per heavy atom. The number of benzene rings is 2. The second-order valence-corrected chi connectivity index (χ2v) is 7.70. The van der Waals surface area contributed by atoms with Gasteiger partial charge in [0.25, 0.3) is 5.91 Å². The van der Waals surface area contributed by atoms with Gasteiger partial charge >= 0.3 is 0 Å². The molecule has 0 saturated carbocycles. The van der Waals surface area contributed by atoms with Crippen molar-refractivity contribution in [2.45, 2.75) is 0 Å². The number of rotatable bonds is 5.